The maximum absolute atomic E-state index is 13.7. The van der Waals surface area contributed by atoms with E-state index in [-0.39, 0.29) is 28.8 Å². The molecule has 122 valence electrons. The lowest BCUT2D eigenvalue weighted by Crippen LogP contribution is -2.38. The fourth-order valence-corrected chi connectivity index (χ4v) is 2.94. The van der Waals surface area contributed by atoms with Gasteiger partial charge in [-0.25, -0.2) is 4.39 Å². The summed E-state index contributed by atoms with van der Waals surface area (Å²) >= 11 is 0. The average molecular weight is 312 g/mol. The van der Waals surface area contributed by atoms with Gasteiger partial charge < -0.3 is 14.8 Å². The lowest BCUT2D eigenvalue weighted by Gasteiger charge is -2.28. The lowest BCUT2D eigenvalue weighted by molar-refractivity contribution is -0.384. The number of halogens is 1. The van der Waals surface area contributed by atoms with Crippen molar-refractivity contribution in [2.75, 3.05) is 12.4 Å². The van der Waals surface area contributed by atoms with Gasteiger partial charge in [-0.3, -0.25) is 10.1 Å². The molecule has 1 atom stereocenters. The van der Waals surface area contributed by atoms with Crippen LogP contribution in [0.3, 0.4) is 0 Å². The topological polar surface area (TPSA) is 73.6 Å². The highest BCUT2D eigenvalue weighted by molar-refractivity contribution is 5.65. The molecule has 1 aliphatic rings. The monoisotopic (exact) mass is 312 g/mol. The van der Waals surface area contributed by atoms with E-state index in [1.165, 1.54) is 13.2 Å². The zero-order chi connectivity index (χ0) is 16.7. The summed E-state index contributed by atoms with van der Waals surface area (Å²) in [6, 6.07) is 2.04. The van der Waals surface area contributed by atoms with Gasteiger partial charge in [-0.2, -0.15) is 0 Å². The fourth-order valence-electron chi connectivity index (χ4n) is 2.94. The van der Waals surface area contributed by atoms with Crippen LogP contribution in [-0.4, -0.2) is 29.3 Å². The van der Waals surface area contributed by atoms with Gasteiger partial charge in [0.1, 0.15) is 5.69 Å². The van der Waals surface area contributed by atoms with Crippen molar-refractivity contribution in [3.05, 3.63) is 28.1 Å². The van der Waals surface area contributed by atoms with E-state index >= 15 is 0 Å². The second kappa shape index (κ2) is 5.39. The third-order valence-corrected chi connectivity index (χ3v) is 3.87. The minimum Gasteiger partial charge on any atom is -0.494 e. The molecule has 1 aromatic rings. The molecule has 1 N–H and O–H groups in total. The number of ether oxygens (including phenoxy) is 2. The van der Waals surface area contributed by atoms with E-state index in [1.807, 2.05) is 27.7 Å². The van der Waals surface area contributed by atoms with Gasteiger partial charge in [0.2, 0.25) is 0 Å². The van der Waals surface area contributed by atoms with Crippen LogP contribution in [0.4, 0.5) is 15.8 Å². The fraction of sp³-hybridized carbons (Fsp3) is 0.600. The van der Waals surface area contributed by atoms with Gasteiger partial charge in [0.25, 0.3) is 5.69 Å². The quantitative estimate of drug-likeness (QED) is 0.680. The molecule has 0 amide bonds. The number of nitro benzene ring substituents is 1. The van der Waals surface area contributed by atoms with E-state index < -0.39 is 16.3 Å². The Hall–Kier alpha value is -1.89. The van der Waals surface area contributed by atoms with Crippen LogP contribution in [0.5, 0.6) is 5.75 Å². The van der Waals surface area contributed by atoms with Crippen molar-refractivity contribution in [3.63, 3.8) is 0 Å². The van der Waals surface area contributed by atoms with Crippen molar-refractivity contribution in [2.45, 2.75) is 51.4 Å². The van der Waals surface area contributed by atoms with Crippen molar-refractivity contribution < 1.29 is 18.8 Å². The number of hydrogen-bond donors (Lipinski definition) is 1. The van der Waals surface area contributed by atoms with Gasteiger partial charge in [-0.1, -0.05) is 0 Å². The molecule has 0 aromatic heterocycles. The molecule has 0 saturated carbocycles. The van der Waals surface area contributed by atoms with Crippen molar-refractivity contribution >= 4 is 11.4 Å². The van der Waals surface area contributed by atoms with E-state index in [1.54, 1.807) is 0 Å². The minimum absolute atomic E-state index is 0.0379. The third-order valence-electron chi connectivity index (χ3n) is 3.87. The van der Waals surface area contributed by atoms with Gasteiger partial charge in [0.15, 0.2) is 11.6 Å². The summed E-state index contributed by atoms with van der Waals surface area (Å²) in [5.41, 5.74) is -0.930. The standard InChI is InChI=1S/C15H21FN2O4/c1-14(2)8-13(15(3,4)22-14)17-10-7-12(21-5)9(16)6-11(10)18(19)20/h6-7,13,17H,8H2,1-5H3. The second-order valence-corrected chi connectivity index (χ2v) is 6.63. The SMILES string of the molecule is COc1cc(NC2CC(C)(C)OC2(C)C)c([N+](=O)[O-])cc1F. The van der Waals surface area contributed by atoms with E-state index in [9.17, 15) is 14.5 Å². The van der Waals surface area contributed by atoms with E-state index in [4.69, 9.17) is 9.47 Å². The zero-order valence-electron chi connectivity index (χ0n) is 13.4. The van der Waals surface area contributed by atoms with Crippen molar-refractivity contribution in [1.29, 1.82) is 0 Å². The normalized spacial score (nSPS) is 22.4. The highest BCUT2D eigenvalue weighted by Crippen LogP contribution is 2.41. The minimum atomic E-state index is -0.762. The molecule has 6 nitrogen and oxygen atoms in total. The van der Waals surface area contributed by atoms with E-state index in [0.717, 1.165) is 6.07 Å². The van der Waals surface area contributed by atoms with Gasteiger partial charge in [-0.15, -0.1) is 0 Å². The first-order valence-electron chi connectivity index (χ1n) is 7.04. The number of anilines is 1. The Morgan fingerprint density at radius 2 is 2.05 bits per heavy atom. The van der Waals surface area contributed by atoms with E-state index in [2.05, 4.69) is 5.32 Å². The van der Waals surface area contributed by atoms with Gasteiger partial charge >= 0.3 is 0 Å². The predicted molar refractivity (Wildman–Crippen MR) is 80.9 cm³/mol. The zero-order valence-corrected chi connectivity index (χ0v) is 13.4. The van der Waals surface area contributed by atoms with Crippen LogP contribution < -0.4 is 10.1 Å². The van der Waals surface area contributed by atoms with Crippen molar-refractivity contribution in [1.82, 2.24) is 0 Å². The summed E-state index contributed by atoms with van der Waals surface area (Å²) in [7, 11) is 1.32. The number of benzene rings is 1. The number of nitrogens with zero attached hydrogens (tertiary/aromatic N) is 1. The summed E-state index contributed by atoms with van der Waals surface area (Å²) in [5, 5.41) is 14.3. The van der Waals surface area contributed by atoms with Crippen molar-refractivity contribution in [2.24, 2.45) is 0 Å². The molecule has 1 saturated heterocycles. The van der Waals surface area contributed by atoms with Crippen molar-refractivity contribution in [3.8, 4) is 5.75 Å². The predicted octanol–water partition coefficient (Wildman–Crippen LogP) is 3.50. The number of rotatable bonds is 4. The Morgan fingerprint density at radius 1 is 1.41 bits per heavy atom. The largest absolute Gasteiger partial charge is 0.494 e. The molecule has 7 heteroatoms. The summed E-state index contributed by atoms with van der Waals surface area (Å²) in [5.74, 6) is -0.800. The molecule has 0 aliphatic carbocycles. The Morgan fingerprint density at radius 3 is 2.50 bits per heavy atom. The Bertz CT molecular complexity index is 601. The molecular weight excluding hydrogens is 291 g/mol. The van der Waals surface area contributed by atoms with Crippen LogP contribution in [0.15, 0.2) is 12.1 Å². The first kappa shape index (κ1) is 16.5. The van der Waals surface area contributed by atoms with Crippen LogP contribution in [0.25, 0.3) is 0 Å². The van der Waals surface area contributed by atoms with Crippen LogP contribution in [0.1, 0.15) is 34.1 Å². The molecular formula is C15H21FN2O4. The molecule has 0 bridgehead atoms. The highest BCUT2D eigenvalue weighted by Gasteiger charge is 2.46. The Balaban J connectivity index is 2.38. The maximum Gasteiger partial charge on any atom is 0.295 e. The molecule has 1 heterocycles. The molecule has 0 spiro atoms. The third kappa shape index (κ3) is 3.14. The molecule has 2 rings (SSSR count). The molecule has 1 aliphatic heterocycles. The smallest absolute Gasteiger partial charge is 0.295 e. The summed E-state index contributed by atoms with van der Waals surface area (Å²) in [6.45, 7) is 7.78. The van der Waals surface area contributed by atoms with Gasteiger partial charge in [-0.05, 0) is 34.1 Å². The summed E-state index contributed by atoms with van der Waals surface area (Å²) < 4.78 is 24.6. The van der Waals surface area contributed by atoms with Crippen LogP contribution >= 0.6 is 0 Å². The van der Waals surface area contributed by atoms with Gasteiger partial charge in [0, 0.05) is 6.07 Å². The number of nitro groups is 1. The molecule has 1 aromatic carbocycles. The summed E-state index contributed by atoms with van der Waals surface area (Å²) in [6.07, 6.45) is 0.677. The van der Waals surface area contributed by atoms with Crippen LogP contribution in [0.2, 0.25) is 0 Å². The molecule has 1 fully saturated rings. The van der Waals surface area contributed by atoms with E-state index in [0.29, 0.717) is 6.42 Å². The van der Waals surface area contributed by atoms with Gasteiger partial charge in [0.05, 0.1) is 35.3 Å². The van der Waals surface area contributed by atoms with Crippen LogP contribution in [0, 0.1) is 15.9 Å². The Kier molecular flexibility index (Phi) is 4.04. The molecule has 0 radical (unpaired) electrons. The average Bonchev–Trinajstić information content (AvgIpc) is 2.58. The number of methoxy groups -OCH3 is 1. The first-order chi connectivity index (χ1) is 10.1. The number of nitrogens with one attached hydrogen (secondary N) is 1. The first-order valence-corrected chi connectivity index (χ1v) is 7.04. The second-order valence-electron chi connectivity index (χ2n) is 6.63. The highest BCUT2D eigenvalue weighted by atomic mass is 19.1. The van der Waals surface area contributed by atoms with Crippen LogP contribution in [-0.2, 0) is 4.74 Å². The lowest BCUT2D eigenvalue weighted by atomic mass is 9.94. The molecule has 22 heavy (non-hydrogen) atoms. The number of hydrogen-bond acceptors (Lipinski definition) is 5. The maximum atomic E-state index is 13.7. The summed E-state index contributed by atoms with van der Waals surface area (Å²) in [4.78, 5) is 10.6. The Labute approximate surface area is 128 Å². The molecule has 1 unspecified atom stereocenters.